The maximum atomic E-state index is 5.81. The first-order valence-electron chi connectivity index (χ1n) is 7.38. The first-order chi connectivity index (χ1) is 9.72. The first kappa shape index (κ1) is 13.3. The van der Waals surface area contributed by atoms with Crippen molar-refractivity contribution in [2.45, 2.75) is 45.1 Å². The molecule has 1 atom stereocenters. The molecule has 0 amide bonds. The molecule has 1 aromatic heterocycles. The molecular weight excluding hydrogens is 252 g/mol. The van der Waals surface area contributed by atoms with Crippen LogP contribution in [0.1, 0.15) is 49.7 Å². The van der Waals surface area contributed by atoms with E-state index >= 15 is 0 Å². The van der Waals surface area contributed by atoms with Crippen molar-refractivity contribution in [3.8, 4) is 0 Å². The molecule has 20 heavy (non-hydrogen) atoms. The summed E-state index contributed by atoms with van der Waals surface area (Å²) < 4.78 is 5.70. The molecule has 0 bridgehead atoms. The van der Waals surface area contributed by atoms with Gasteiger partial charge in [-0.2, -0.15) is 0 Å². The molecule has 0 saturated carbocycles. The lowest BCUT2D eigenvalue weighted by Gasteiger charge is -2.22. The Kier molecular flexibility index (Phi) is 3.83. The van der Waals surface area contributed by atoms with Gasteiger partial charge in [0.2, 0.25) is 5.88 Å². The minimum atomic E-state index is -0.00658. The number of rotatable bonds is 4. The predicted molar refractivity (Wildman–Crippen MR) is 77.4 cm³/mol. The van der Waals surface area contributed by atoms with Gasteiger partial charge in [-0.25, -0.2) is 0 Å². The van der Waals surface area contributed by atoms with Crippen molar-refractivity contribution in [3.63, 3.8) is 0 Å². The van der Waals surface area contributed by atoms with Crippen LogP contribution in [-0.4, -0.2) is 11.6 Å². The summed E-state index contributed by atoms with van der Waals surface area (Å²) in [5.41, 5.74) is 7.35. The average Bonchev–Trinajstić information content (AvgIpc) is 3.03. The van der Waals surface area contributed by atoms with E-state index in [0.29, 0.717) is 5.88 Å². The number of furan rings is 1. The largest absolute Gasteiger partial charge is 0.464 e. The highest BCUT2D eigenvalue weighted by Crippen LogP contribution is 2.32. The molecule has 1 aliphatic carbocycles. The number of hydrogen-bond acceptors (Lipinski definition) is 4. The molecule has 0 aromatic carbocycles. The predicted octanol–water partition coefficient (Wildman–Crippen LogP) is 3.57. The van der Waals surface area contributed by atoms with E-state index in [1.54, 1.807) is 5.57 Å². The summed E-state index contributed by atoms with van der Waals surface area (Å²) in [6.07, 6.45) is 10.4. The monoisotopic (exact) mass is 274 g/mol. The van der Waals surface area contributed by atoms with E-state index < -0.39 is 0 Å². The second-order valence-electron chi connectivity index (χ2n) is 5.55. The van der Waals surface area contributed by atoms with Crippen molar-refractivity contribution in [1.82, 2.24) is 5.06 Å². The number of hydroxylamine groups is 2. The van der Waals surface area contributed by atoms with Gasteiger partial charge >= 0.3 is 0 Å². The normalized spacial score (nSPS) is 23.4. The molecule has 4 heteroatoms. The summed E-state index contributed by atoms with van der Waals surface area (Å²) in [6, 6.07) is 3.96. The van der Waals surface area contributed by atoms with Crippen molar-refractivity contribution >= 4 is 0 Å². The van der Waals surface area contributed by atoms with Crippen LogP contribution in [0.5, 0.6) is 0 Å². The number of nitrogens with two attached hydrogens (primary N) is 1. The lowest BCUT2D eigenvalue weighted by molar-refractivity contribution is -0.122. The van der Waals surface area contributed by atoms with Crippen LogP contribution in [0, 0.1) is 6.92 Å². The molecule has 1 unspecified atom stereocenters. The fourth-order valence-corrected chi connectivity index (χ4v) is 2.87. The van der Waals surface area contributed by atoms with Crippen LogP contribution in [0.25, 0.3) is 0 Å². The highest BCUT2D eigenvalue weighted by molar-refractivity contribution is 5.18. The van der Waals surface area contributed by atoms with E-state index in [1.165, 1.54) is 25.7 Å². The fourth-order valence-electron chi connectivity index (χ4n) is 2.87. The molecule has 2 N–H and O–H groups in total. The Labute approximate surface area is 119 Å². The van der Waals surface area contributed by atoms with Gasteiger partial charge in [-0.15, -0.1) is 5.06 Å². The fraction of sp³-hybridized carbons (Fsp3) is 0.500. The van der Waals surface area contributed by atoms with Crippen molar-refractivity contribution in [1.29, 1.82) is 0 Å². The topological polar surface area (TPSA) is 51.6 Å². The summed E-state index contributed by atoms with van der Waals surface area (Å²) in [6.45, 7) is 2.79. The summed E-state index contributed by atoms with van der Waals surface area (Å²) in [4.78, 5) is 5.61. The Morgan fingerprint density at radius 3 is 2.95 bits per heavy atom. The van der Waals surface area contributed by atoms with E-state index in [-0.39, 0.29) is 6.04 Å². The van der Waals surface area contributed by atoms with E-state index in [9.17, 15) is 0 Å². The highest BCUT2D eigenvalue weighted by Gasteiger charge is 2.29. The van der Waals surface area contributed by atoms with Gasteiger partial charge in [-0.05, 0) is 51.2 Å². The third kappa shape index (κ3) is 2.90. The summed E-state index contributed by atoms with van der Waals surface area (Å²) >= 11 is 0. The summed E-state index contributed by atoms with van der Waals surface area (Å²) in [5.74, 6) is 2.26. The zero-order valence-electron chi connectivity index (χ0n) is 12.0. The van der Waals surface area contributed by atoms with Crippen molar-refractivity contribution in [2.75, 3.05) is 6.54 Å². The van der Waals surface area contributed by atoms with Crippen molar-refractivity contribution < 1.29 is 9.25 Å². The Balaban J connectivity index is 1.64. The Morgan fingerprint density at radius 1 is 1.35 bits per heavy atom. The van der Waals surface area contributed by atoms with Crippen LogP contribution in [0.2, 0.25) is 0 Å². The smallest absolute Gasteiger partial charge is 0.207 e. The molecular formula is C16H22N2O2. The van der Waals surface area contributed by atoms with Crippen LogP contribution in [0.4, 0.5) is 0 Å². The molecule has 1 aliphatic heterocycles. The van der Waals surface area contributed by atoms with Gasteiger partial charge < -0.3 is 15.0 Å². The molecule has 4 nitrogen and oxygen atoms in total. The summed E-state index contributed by atoms with van der Waals surface area (Å²) in [5, 5.41) is 1.92. The summed E-state index contributed by atoms with van der Waals surface area (Å²) in [7, 11) is 0. The standard InChI is InChI=1S/C16H22N2O2/c1-12-7-8-15(19-12)14-11-16(17)20-18(14)10-9-13-5-3-2-4-6-13/h5,7-8,11,14H,2-4,6,9-10,17H2,1H3. The molecule has 1 aromatic rings. The van der Waals surface area contributed by atoms with Crippen LogP contribution >= 0.6 is 0 Å². The van der Waals surface area contributed by atoms with E-state index in [4.69, 9.17) is 15.0 Å². The average molecular weight is 274 g/mol. The zero-order valence-corrected chi connectivity index (χ0v) is 12.0. The van der Waals surface area contributed by atoms with E-state index in [0.717, 1.165) is 24.5 Å². The lowest BCUT2D eigenvalue weighted by Crippen LogP contribution is -2.25. The second kappa shape index (κ2) is 5.75. The Morgan fingerprint density at radius 2 is 2.25 bits per heavy atom. The molecule has 0 fully saturated rings. The van der Waals surface area contributed by atoms with Gasteiger partial charge in [0.15, 0.2) is 0 Å². The van der Waals surface area contributed by atoms with Gasteiger partial charge in [-0.3, -0.25) is 0 Å². The number of aryl methyl sites for hydroxylation is 1. The van der Waals surface area contributed by atoms with Crippen LogP contribution in [-0.2, 0) is 4.84 Å². The molecule has 2 heterocycles. The highest BCUT2D eigenvalue weighted by atomic mass is 16.7. The van der Waals surface area contributed by atoms with Gasteiger partial charge in [0.25, 0.3) is 0 Å². The Hall–Kier alpha value is -1.68. The van der Waals surface area contributed by atoms with Crippen molar-refractivity contribution in [3.05, 3.63) is 47.3 Å². The maximum Gasteiger partial charge on any atom is 0.207 e. The SMILES string of the molecule is Cc1ccc(C2C=C(N)ON2CCC2=CCCCC2)o1. The Bertz CT molecular complexity index is 530. The maximum absolute atomic E-state index is 5.81. The molecule has 2 aliphatic rings. The third-order valence-electron chi connectivity index (χ3n) is 3.95. The van der Waals surface area contributed by atoms with Gasteiger partial charge in [0.1, 0.15) is 17.6 Å². The number of allylic oxidation sites excluding steroid dienone is 1. The lowest BCUT2D eigenvalue weighted by atomic mass is 9.97. The molecule has 0 saturated heterocycles. The quantitative estimate of drug-likeness (QED) is 0.853. The van der Waals surface area contributed by atoms with Gasteiger partial charge in [0, 0.05) is 12.6 Å². The minimum Gasteiger partial charge on any atom is -0.464 e. The molecule has 3 rings (SSSR count). The minimum absolute atomic E-state index is 0.00658. The van der Waals surface area contributed by atoms with Gasteiger partial charge in [0.05, 0.1) is 0 Å². The van der Waals surface area contributed by atoms with Crippen LogP contribution in [0.3, 0.4) is 0 Å². The number of nitrogens with zero attached hydrogens (tertiary/aromatic N) is 1. The molecule has 0 radical (unpaired) electrons. The molecule has 0 spiro atoms. The van der Waals surface area contributed by atoms with E-state index in [1.807, 2.05) is 30.2 Å². The molecule has 108 valence electrons. The van der Waals surface area contributed by atoms with E-state index in [2.05, 4.69) is 6.08 Å². The second-order valence-corrected chi connectivity index (χ2v) is 5.55. The first-order valence-corrected chi connectivity index (χ1v) is 7.38. The van der Waals surface area contributed by atoms with Crippen LogP contribution < -0.4 is 5.73 Å². The number of hydrogen-bond donors (Lipinski definition) is 1. The zero-order chi connectivity index (χ0) is 13.9. The third-order valence-corrected chi connectivity index (χ3v) is 3.95. The van der Waals surface area contributed by atoms with Crippen molar-refractivity contribution in [2.24, 2.45) is 5.73 Å². The van der Waals surface area contributed by atoms with Crippen LogP contribution in [0.15, 0.2) is 40.2 Å². The van der Waals surface area contributed by atoms with Gasteiger partial charge in [-0.1, -0.05) is 11.6 Å².